The zero-order chi connectivity index (χ0) is 20.8. The van der Waals surface area contributed by atoms with Crippen molar-refractivity contribution in [1.29, 1.82) is 0 Å². The highest BCUT2D eigenvalue weighted by atomic mass is 32.2. The van der Waals surface area contributed by atoms with E-state index in [1.165, 1.54) is 0 Å². The molecule has 1 aromatic rings. The van der Waals surface area contributed by atoms with Gasteiger partial charge < -0.3 is 15.0 Å². The maximum atomic E-state index is 12.5. The van der Waals surface area contributed by atoms with Crippen LogP contribution in [0.25, 0.3) is 6.08 Å². The number of rotatable bonds is 5. The average molecular weight is 417 g/mol. The fourth-order valence-corrected chi connectivity index (χ4v) is 4.01. The van der Waals surface area contributed by atoms with E-state index in [0.29, 0.717) is 37.4 Å². The highest BCUT2D eigenvalue weighted by Crippen LogP contribution is 2.31. The molecule has 8 nitrogen and oxygen atoms in total. The maximum absolute atomic E-state index is 12.5. The first-order valence-electron chi connectivity index (χ1n) is 9.49. The van der Waals surface area contributed by atoms with Crippen molar-refractivity contribution in [3.05, 3.63) is 40.8 Å². The number of carbonyl (C=O) groups excluding carboxylic acids is 4. The molecule has 2 heterocycles. The number of likely N-dealkylation sites (tertiary alicyclic amines) is 1. The van der Waals surface area contributed by atoms with Gasteiger partial charge in [-0.25, -0.2) is 4.79 Å². The Morgan fingerprint density at radius 2 is 1.90 bits per heavy atom. The van der Waals surface area contributed by atoms with Gasteiger partial charge in [-0.1, -0.05) is 30.3 Å². The van der Waals surface area contributed by atoms with Crippen molar-refractivity contribution in [3.63, 3.8) is 0 Å². The molecule has 3 rings (SSSR count). The van der Waals surface area contributed by atoms with E-state index in [-0.39, 0.29) is 24.6 Å². The number of benzene rings is 1. The quantitative estimate of drug-likeness (QED) is 0.740. The Morgan fingerprint density at radius 1 is 1.21 bits per heavy atom. The first-order chi connectivity index (χ1) is 14.0. The van der Waals surface area contributed by atoms with Gasteiger partial charge in [0.25, 0.3) is 11.1 Å². The number of ether oxygens (including phenoxy) is 1. The van der Waals surface area contributed by atoms with Gasteiger partial charge in [-0.2, -0.15) is 0 Å². The highest BCUT2D eigenvalue weighted by molar-refractivity contribution is 8.18. The minimum atomic E-state index is -0.462. The van der Waals surface area contributed by atoms with Crippen LogP contribution in [-0.2, 0) is 14.3 Å². The lowest BCUT2D eigenvalue weighted by Crippen LogP contribution is -2.49. The number of hydrogen-bond donors (Lipinski definition) is 1. The molecule has 0 spiro atoms. The van der Waals surface area contributed by atoms with E-state index in [1.54, 1.807) is 17.9 Å². The summed E-state index contributed by atoms with van der Waals surface area (Å²) < 4.78 is 4.97. The molecule has 2 aliphatic heterocycles. The molecular weight excluding hydrogens is 394 g/mol. The number of hydrogen-bond acceptors (Lipinski definition) is 6. The van der Waals surface area contributed by atoms with Gasteiger partial charge in [0.15, 0.2) is 0 Å². The molecule has 4 amide bonds. The van der Waals surface area contributed by atoms with Crippen molar-refractivity contribution in [2.75, 3.05) is 26.2 Å². The molecule has 1 aromatic carbocycles. The smallest absolute Gasteiger partial charge is 0.409 e. The predicted octanol–water partition coefficient (Wildman–Crippen LogP) is 2.46. The molecule has 2 saturated heterocycles. The van der Waals surface area contributed by atoms with Crippen molar-refractivity contribution in [2.45, 2.75) is 25.8 Å². The highest BCUT2D eigenvalue weighted by Gasteiger charge is 2.36. The molecule has 0 atom stereocenters. The van der Waals surface area contributed by atoms with Crippen LogP contribution in [0.2, 0.25) is 0 Å². The van der Waals surface area contributed by atoms with E-state index >= 15 is 0 Å². The molecule has 1 N–H and O–H groups in total. The molecule has 29 heavy (non-hydrogen) atoms. The van der Waals surface area contributed by atoms with Gasteiger partial charge >= 0.3 is 6.09 Å². The molecule has 154 valence electrons. The van der Waals surface area contributed by atoms with Crippen molar-refractivity contribution in [2.24, 2.45) is 0 Å². The van der Waals surface area contributed by atoms with Crippen LogP contribution in [0.3, 0.4) is 0 Å². The van der Waals surface area contributed by atoms with E-state index < -0.39 is 11.1 Å². The maximum Gasteiger partial charge on any atom is 0.409 e. The molecular formula is C20H23N3O5S. The minimum Gasteiger partial charge on any atom is -0.450 e. The van der Waals surface area contributed by atoms with Gasteiger partial charge in [0.1, 0.15) is 6.54 Å². The lowest BCUT2D eigenvalue weighted by Gasteiger charge is -2.31. The van der Waals surface area contributed by atoms with Crippen LogP contribution in [0.15, 0.2) is 35.2 Å². The SMILES string of the molecule is CCOC(=O)N1CCC(NC(=O)CN2C(=O)S/C(=C/c3ccccc3)C2=O)CC1. The number of carbonyl (C=O) groups is 4. The zero-order valence-electron chi connectivity index (χ0n) is 16.1. The average Bonchev–Trinajstić information content (AvgIpc) is 2.97. The van der Waals surface area contributed by atoms with Crippen LogP contribution in [0.4, 0.5) is 9.59 Å². The molecule has 0 aromatic heterocycles. The van der Waals surface area contributed by atoms with Crippen LogP contribution in [0.5, 0.6) is 0 Å². The van der Waals surface area contributed by atoms with Crippen LogP contribution in [-0.4, -0.2) is 65.2 Å². The molecule has 2 fully saturated rings. The Balaban J connectivity index is 1.51. The van der Waals surface area contributed by atoms with E-state index in [1.807, 2.05) is 30.3 Å². The third kappa shape index (κ3) is 5.38. The van der Waals surface area contributed by atoms with Gasteiger partial charge in [-0.3, -0.25) is 19.3 Å². The molecule has 0 radical (unpaired) electrons. The van der Waals surface area contributed by atoms with Crippen LogP contribution >= 0.6 is 11.8 Å². The van der Waals surface area contributed by atoms with Gasteiger partial charge in [-0.05, 0) is 43.2 Å². The van der Waals surface area contributed by atoms with Gasteiger partial charge in [0, 0.05) is 19.1 Å². The second-order valence-electron chi connectivity index (χ2n) is 6.71. The molecule has 0 saturated carbocycles. The van der Waals surface area contributed by atoms with E-state index in [9.17, 15) is 19.2 Å². The summed E-state index contributed by atoms with van der Waals surface area (Å²) in [5.74, 6) is -0.848. The van der Waals surface area contributed by atoms with Crippen molar-refractivity contribution < 1.29 is 23.9 Å². The lowest BCUT2D eigenvalue weighted by molar-refractivity contribution is -0.129. The number of imide groups is 1. The summed E-state index contributed by atoms with van der Waals surface area (Å²) in [5.41, 5.74) is 0.816. The summed E-state index contributed by atoms with van der Waals surface area (Å²) >= 11 is 0.833. The Kier molecular flexibility index (Phi) is 6.92. The first-order valence-corrected chi connectivity index (χ1v) is 10.3. The Bertz CT molecular complexity index is 819. The Hall–Kier alpha value is -2.81. The van der Waals surface area contributed by atoms with Gasteiger partial charge in [0.2, 0.25) is 5.91 Å². The molecule has 0 aliphatic carbocycles. The third-order valence-corrected chi connectivity index (χ3v) is 5.57. The second kappa shape index (κ2) is 9.60. The molecule has 0 bridgehead atoms. The summed E-state index contributed by atoms with van der Waals surface area (Å²) in [7, 11) is 0. The van der Waals surface area contributed by atoms with E-state index in [0.717, 1.165) is 22.2 Å². The predicted molar refractivity (Wildman–Crippen MR) is 109 cm³/mol. The van der Waals surface area contributed by atoms with Gasteiger partial charge in [0.05, 0.1) is 11.5 Å². The Labute approximate surface area is 173 Å². The zero-order valence-corrected chi connectivity index (χ0v) is 16.9. The summed E-state index contributed by atoms with van der Waals surface area (Å²) in [5, 5.41) is 2.40. The minimum absolute atomic E-state index is 0.104. The second-order valence-corrected chi connectivity index (χ2v) is 7.70. The lowest BCUT2D eigenvalue weighted by atomic mass is 10.1. The summed E-state index contributed by atoms with van der Waals surface area (Å²) in [4.78, 5) is 51.6. The number of nitrogens with one attached hydrogen (secondary N) is 1. The fraction of sp³-hybridized carbons (Fsp3) is 0.400. The summed E-state index contributed by atoms with van der Waals surface area (Å²) in [6.07, 6.45) is 2.49. The van der Waals surface area contributed by atoms with Crippen LogP contribution in [0.1, 0.15) is 25.3 Å². The van der Waals surface area contributed by atoms with E-state index in [4.69, 9.17) is 4.74 Å². The van der Waals surface area contributed by atoms with Crippen molar-refractivity contribution >= 4 is 41.0 Å². The number of thioether (sulfide) groups is 1. The number of nitrogens with zero attached hydrogens (tertiary/aromatic N) is 2. The normalized spacial score (nSPS) is 19.0. The van der Waals surface area contributed by atoms with Crippen LogP contribution < -0.4 is 5.32 Å². The first kappa shape index (κ1) is 20.9. The van der Waals surface area contributed by atoms with Gasteiger partial charge in [-0.15, -0.1) is 0 Å². The summed E-state index contributed by atoms with van der Waals surface area (Å²) in [6.45, 7) is 2.75. The summed E-state index contributed by atoms with van der Waals surface area (Å²) in [6, 6.07) is 9.12. The Morgan fingerprint density at radius 3 is 2.55 bits per heavy atom. The molecule has 9 heteroatoms. The van der Waals surface area contributed by atoms with Crippen molar-refractivity contribution in [3.8, 4) is 0 Å². The largest absolute Gasteiger partial charge is 0.450 e. The number of amides is 4. The molecule has 0 unspecified atom stereocenters. The van der Waals surface area contributed by atoms with E-state index in [2.05, 4.69) is 5.32 Å². The number of piperidine rings is 1. The van der Waals surface area contributed by atoms with Crippen LogP contribution in [0, 0.1) is 0 Å². The van der Waals surface area contributed by atoms with Crippen molar-refractivity contribution in [1.82, 2.24) is 15.1 Å². The monoisotopic (exact) mass is 417 g/mol. The fourth-order valence-electron chi connectivity index (χ4n) is 3.18. The standard InChI is InChI=1S/C20H23N3O5S/c1-2-28-19(26)22-10-8-15(9-11-22)21-17(24)13-23-18(25)16(29-20(23)27)12-14-6-4-3-5-7-14/h3-7,12,15H,2,8-11,13H2,1H3,(H,21,24)/b16-12+. The molecule has 2 aliphatic rings. The third-order valence-electron chi connectivity index (χ3n) is 4.66. The topological polar surface area (TPSA) is 96.0 Å².